The number of rotatable bonds is 14. The van der Waals surface area contributed by atoms with Gasteiger partial charge in [0.25, 0.3) is 5.91 Å². The van der Waals surface area contributed by atoms with E-state index in [2.05, 4.69) is 10.2 Å². The Labute approximate surface area is 359 Å². The molecule has 62 heavy (non-hydrogen) atoms. The number of carbonyl (C=O) groups excluding carboxylic acids is 4. The van der Waals surface area contributed by atoms with Crippen molar-refractivity contribution in [1.29, 1.82) is 0 Å². The van der Waals surface area contributed by atoms with Crippen molar-refractivity contribution in [2.45, 2.75) is 67.8 Å². The van der Waals surface area contributed by atoms with Crippen LogP contribution in [0.15, 0.2) is 101 Å². The van der Waals surface area contributed by atoms with Crippen LogP contribution < -0.4 is 31.6 Å². The standard InChI is InChI=1S/C46H51N11O5/c1-9-56-36(18-29(5)50-56)39(58)23-41-52(7)35-20-32(43(47)59)16-17-34(35)54(41)24-27(3)28(4)25-55-42-37(53(8)46(55)49-45(61)38-19-30(6)51-57(38)10-2)21-33(44(48)60)22-40(42)62-26-31-14-12-11-13-15-31/h11-23H,9-10,24-26H2,1-8H3,(H2,47,59)(H2,48,60)/b28-27+,41-23+,49-46+. The fourth-order valence-electron chi connectivity index (χ4n) is 7.75. The number of nitrogens with two attached hydrogens (primary N) is 2. The third-order valence-electron chi connectivity index (χ3n) is 11.1. The molecule has 6 aromatic rings. The van der Waals surface area contributed by atoms with Gasteiger partial charge in [-0.05, 0) is 89.6 Å². The number of aromatic nitrogens is 6. The third kappa shape index (κ3) is 8.18. The Morgan fingerprint density at radius 3 is 2.03 bits per heavy atom. The molecule has 0 saturated heterocycles. The van der Waals surface area contributed by atoms with Gasteiger partial charge in [0, 0.05) is 57.5 Å². The minimum absolute atomic E-state index is 0.201. The van der Waals surface area contributed by atoms with Crippen LogP contribution >= 0.6 is 0 Å². The molecule has 0 bridgehead atoms. The van der Waals surface area contributed by atoms with E-state index in [0.717, 1.165) is 28.1 Å². The second kappa shape index (κ2) is 17.2. The molecule has 1 aliphatic rings. The van der Waals surface area contributed by atoms with Gasteiger partial charge >= 0.3 is 0 Å². The fraction of sp³-hybridized carbons (Fsp3) is 0.283. The zero-order chi connectivity index (χ0) is 44.6. The zero-order valence-electron chi connectivity index (χ0n) is 36.3. The van der Waals surface area contributed by atoms with Crippen LogP contribution in [-0.2, 0) is 33.3 Å². The van der Waals surface area contributed by atoms with E-state index in [-0.39, 0.29) is 24.5 Å². The van der Waals surface area contributed by atoms with Crippen molar-refractivity contribution in [1.82, 2.24) is 28.7 Å². The summed E-state index contributed by atoms with van der Waals surface area (Å²) in [5.74, 6) is -0.928. The number of allylic oxidation sites excluding steroid dienone is 2. The summed E-state index contributed by atoms with van der Waals surface area (Å²) < 4.78 is 13.4. The Bertz CT molecular complexity index is 2910. The summed E-state index contributed by atoms with van der Waals surface area (Å²) in [6.07, 6.45) is 1.59. The lowest BCUT2D eigenvalue weighted by Gasteiger charge is -2.24. The lowest BCUT2D eigenvalue weighted by molar-refractivity contribution is 0.0980. The van der Waals surface area contributed by atoms with Crippen LogP contribution in [-0.4, -0.2) is 65.8 Å². The number of fused-ring (bicyclic) bond motifs is 2. The molecule has 0 radical (unpaired) electrons. The van der Waals surface area contributed by atoms with E-state index in [9.17, 15) is 19.2 Å². The van der Waals surface area contributed by atoms with Gasteiger partial charge in [-0.1, -0.05) is 41.5 Å². The maximum Gasteiger partial charge on any atom is 0.298 e. The van der Waals surface area contributed by atoms with Crippen LogP contribution in [0.25, 0.3) is 11.0 Å². The quantitative estimate of drug-likeness (QED) is 0.0802. The largest absolute Gasteiger partial charge is 0.487 e. The number of benzene rings is 3. The average Bonchev–Trinajstić information content (AvgIpc) is 3.98. The van der Waals surface area contributed by atoms with Crippen molar-refractivity contribution in [3.63, 3.8) is 0 Å². The molecule has 0 unspecified atom stereocenters. The number of hydrogen-bond acceptors (Lipinski definition) is 9. The number of ketones is 1. The summed E-state index contributed by atoms with van der Waals surface area (Å²) in [6.45, 7) is 13.3. The minimum Gasteiger partial charge on any atom is -0.487 e. The highest BCUT2D eigenvalue weighted by molar-refractivity contribution is 6.06. The van der Waals surface area contributed by atoms with Crippen LogP contribution in [0, 0.1) is 13.8 Å². The van der Waals surface area contributed by atoms with Crippen molar-refractivity contribution in [2.24, 2.45) is 23.5 Å². The number of amides is 3. The Morgan fingerprint density at radius 2 is 1.39 bits per heavy atom. The van der Waals surface area contributed by atoms with Gasteiger partial charge < -0.3 is 35.1 Å². The first-order valence-corrected chi connectivity index (χ1v) is 20.3. The van der Waals surface area contributed by atoms with Gasteiger partial charge in [0.1, 0.15) is 35.1 Å². The van der Waals surface area contributed by atoms with E-state index in [1.165, 1.54) is 0 Å². The number of primary amides is 2. The number of ether oxygens (including phenoxy) is 1. The average molecular weight is 838 g/mol. The monoisotopic (exact) mass is 837 g/mol. The SMILES string of the molecule is CCn1nc(C)cc1C(=O)/C=C1\N(C)c2cc(C(N)=O)ccc2N1C/C(C)=C(\C)Cn1/c(=N/C(=O)c2cc(C)nn2CC)n(C)c2cc(C(N)=O)cc(OCc3ccccc3)c21. The van der Waals surface area contributed by atoms with Crippen LogP contribution in [0.4, 0.5) is 11.4 Å². The smallest absolute Gasteiger partial charge is 0.298 e. The number of hydrogen-bond donors (Lipinski definition) is 2. The Morgan fingerprint density at radius 1 is 0.758 bits per heavy atom. The summed E-state index contributed by atoms with van der Waals surface area (Å²) in [5, 5.41) is 8.94. The molecule has 4 heterocycles. The molecular weight excluding hydrogens is 787 g/mol. The van der Waals surface area contributed by atoms with Gasteiger partial charge in [0.2, 0.25) is 23.2 Å². The van der Waals surface area contributed by atoms with E-state index >= 15 is 0 Å². The lowest BCUT2D eigenvalue weighted by atomic mass is 10.1. The molecule has 0 saturated carbocycles. The molecule has 320 valence electrons. The van der Waals surface area contributed by atoms with Gasteiger partial charge in [-0.15, -0.1) is 0 Å². The predicted molar refractivity (Wildman–Crippen MR) is 237 cm³/mol. The Balaban J connectivity index is 1.37. The molecule has 4 N–H and O–H groups in total. The summed E-state index contributed by atoms with van der Waals surface area (Å²) in [6, 6.07) is 21.7. The molecule has 1 aliphatic heterocycles. The summed E-state index contributed by atoms with van der Waals surface area (Å²) in [7, 11) is 3.62. The molecular formula is C46H51N11O5. The van der Waals surface area contributed by atoms with E-state index in [1.54, 1.807) is 63.5 Å². The minimum atomic E-state index is -0.636. The molecule has 16 nitrogen and oxygen atoms in total. The molecule has 3 aromatic heterocycles. The number of carbonyl (C=O) groups is 4. The second-order valence-corrected chi connectivity index (χ2v) is 15.5. The summed E-state index contributed by atoms with van der Waals surface area (Å²) >= 11 is 0. The molecule has 3 aromatic carbocycles. The molecule has 0 fully saturated rings. The molecule has 0 atom stereocenters. The zero-order valence-corrected chi connectivity index (χ0v) is 36.3. The van der Waals surface area contributed by atoms with Crippen LogP contribution in [0.5, 0.6) is 5.75 Å². The van der Waals surface area contributed by atoms with Gasteiger partial charge in [0.15, 0.2) is 0 Å². The topological polar surface area (TPSA) is 194 Å². The second-order valence-electron chi connectivity index (χ2n) is 15.5. The van der Waals surface area contributed by atoms with Crippen molar-refractivity contribution in [3.05, 3.63) is 141 Å². The van der Waals surface area contributed by atoms with E-state index in [1.807, 2.05) is 99.4 Å². The molecule has 7 rings (SSSR count). The van der Waals surface area contributed by atoms with Gasteiger partial charge in [-0.3, -0.25) is 28.5 Å². The molecule has 3 amide bonds. The number of aryl methyl sites for hydroxylation is 5. The highest BCUT2D eigenvalue weighted by Crippen LogP contribution is 2.42. The first-order valence-electron chi connectivity index (χ1n) is 20.3. The number of anilines is 2. The summed E-state index contributed by atoms with van der Waals surface area (Å²) in [4.78, 5) is 61.6. The van der Waals surface area contributed by atoms with Gasteiger partial charge in [-0.25, -0.2) is 0 Å². The van der Waals surface area contributed by atoms with Crippen molar-refractivity contribution >= 4 is 45.9 Å². The lowest BCUT2D eigenvalue weighted by Crippen LogP contribution is -2.30. The van der Waals surface area contributed by atoms with Crippen molar-refractivity contribution in [2.75, 3.05) is 23.4 Å². The van der Waals surface area contributed by atoms with Crippen molar-refractivity contribution < 1.29 is 23.9 Å². The number of nitrogens with zero attached hydrogens (tertiary/aromatic N) is 9. The molecule has 0 aliphatic carbocycles. The Kier molecular flexibility index (Phi) is 11.9. The summed E-state index contributed by atoms with van der Waals surface area (Å²) in [5.41, 5.74) is 20.1. The number of imidazole rings is 1. The first kappa shape index (κ1) is 42.6. The molecule has 0 spiro atoms. The van der Waals surface area contributed by atoms with Crippen LogP contribution in [0.2, 0.25) is 0 Å². The van der Waals surface area contributed by atoms with Gasteiger partial charge in [-0.2, -0.15) is 15.2 Å². The van der Waals surface area contributed by atoms with E-state index in [0.29, 0.717) is 76.2 Å². The van der Waals surface area contributed by atoms with Crippen LogP contribution in [0.3, 0.4) is 0 Å². The van der Waals surface area contributed by atoms with E-state index in [4.69, 9.17) is 21.2 Å². The maximum absolute atomic E-state index is 14.0. The predicted octanol–water partition coefficient (Wildman–Crippen LogP) is 5.56. The normalized spacial score (nSPS) is 13.9. The molecule has 16 heteroatoms. The third-order valence-corrected chi connectivity index (χ3v) is 11.1. The maximum atomic E-state index is 14.0. The first-order chi connectivity index (χ1) is 29.6. The highest BCUT2D eigenvalue weighted by atomic mass is 16.5. The van der Waals surface area contributed by atoms with Gasteiger partial charge in [0.05, 0.1) is 28.3 Å². The fourth-order valence-corrected chi connectivity index (χ4v) is 7.75. The van der Waals surface area contributed by atoms with Crippen molar-refractivity contribution in [3.8, 4) is 5.75 Å². The van der Waals surface area contributed by atoms with Crippen LogP contribution in [0.1, 0.15) is 86.3 Å². The van der Waals surface area contributed by atoms with E-state index < -0.39 is 17.7 Å². The Hall–Kier alpha value is -7.49. The highest BCUT2D eigenvalue weighted by Gasteiger charge is 2.31.